The first-order chi connectivity index (χ1) is 15.1. The van der Waals surface area contributed by atoms with E-state index in [-0.39, 0.29) is 11.5 Å². The van der Waals surface area contributed by atoms with Crippen LogP contribution in [0.25, 0.3) is 0 Å². The Kier molecular flexibility index (Phi) is 8.02. The molecule has 1 aromatic carbocycles. The number of likely N-dealkylation sites (tertiary alicyclic amines) is 1. The molecule has 3 aliphatic heterocycles. The van der Waals surface area contributed by atoms with Crippen LogP contribution in [0.1, 0.15) is 23.2 Å². The zero-order chi connectivity index (χ0) is 23.4. The minimum Gasteiger partial charge on any atom is -0.475 e. The fraction of sp³-hybridized carbons (Fsp3) is 0.619. The smallest absolute Gasteiger partial charge is 0.475 e. The number of carbonyl (C=O) groups is 2. The minimum atomic E-state index is -5.08. The molecule has 0 saturated carbocycles. The van der Waals surface area contributed by atoms with E-state index in [4.69, 9.17) is 31.0 Å². The summed E-state index contributed by atoms with van der Waals surface area (Å²) in [5, 5.41) is 7.78. The molecule has 0 bridgehead atoms. The third-order valence-electron chi connectivity index (χ3n) is 5.83. The maximum Gasteiger partial charge on any atom is 0.490 e. The van der Waals surface area contributed by atoms with E-state index in [1.165, 1.54) is 6.42 Å². The monoisotopic (exact) mass is 478 g/mol. The average Bonchev–Trinajstić information content (AvgIpc) is 2.73. The number of carbonyl (C=O) groups excluding carboxylic acids is 1. The van der Waals surface area contributed by atoms with Crippen molar-refractivity contribution in [3.05, 3.63) is 34.9 Å². The average molecular weight is 479 g/mol. The topological polar surface area (TPSA) is 79.3 Å². The van der Waals surface area contributed by atoms with Crippen molar-refractivity contribution in [1.82, 2.24) is 9.80 Å². The van der Waals surface area contributed by atoms with E-state index < -0.39 is 12.1 Å². The molecular formula is C21H26ClF3N2O5. The van der Waals surface area contributed by atoms with Crippen LogP contribution in [0, 0.1) is 5.92 Å². The number of aliphatic carboxylic acids is 1. The van der Waals surface area contributed by atoms with Crippen molar-refractivity contribution in [2.24, 2.45) is 5.92 Å². The summed E-state index contributed by atoms with van der Waals surface area (Å²) >= 11 is 5.89. The Balaban J connectivity index is 0.000000360. The Morgan fingerprint density at radius 3 is 2.25 bits per heavy atom. The molecule has 1 N–H and O–H groups in total. The van der Waals surface area contributed by atoms with Crippen molar-refractivity contribution in [3.8, 4) is 0 Å². The summed E-state index contributed by atoms with van der Waals surface area (Å²) in [7, 11) is 0. The molecular weight excluding hydrogens is 453 g/mol. The number of carboxylic acid groups (broad SMARTS) is 1. The number of alkyl halides is 3. The lowest BCUT2D eigenvalue weighted by molar-refractivity contribution is -0.192. The van der Waals surface area contributed by atoms with E-state index in [2.05, 4.69) is 4.90 Å². The van der Waals surface area contributed by atoms with Gasteiger partial charge < -0.3 is 19.5 Å². The fourth-order valence-electron chi connectivity index (χ4n) is 4.03. The van der Waals surface area contributed by atoms with Crippen LogP contribution in [0.3, 0.4) is 0 Å². The van der Waals surface area contributed by atoms with Gasteiger partial charge in [0.25, 0.3) is 5.91 Å². The van der Waals surface area contributed by atoms with E-state index in [1.54, 1.807) is 24.3 Å². The highest BCUT2D eigenvalue weighted by molar-refractivity contribution is 6.30. The number of rotatable bonds is 3. The second-order valence-corrected chi connectivity index (χ2v) is 8.72. The van der Waals surface area contributed by atoms with Gasteiger partial charge in [-0.05, 0) is 43.0 Å². The lowest BCUT2D eigenvalue weighted by Crippen LogP contribution is -2.66. The SMILES string of the molecule is O=C(O)C(F)(F)F.O=C(c1ccc(Cl)cc1)N1CC2(CCC(CN3CCOCC3)CO2)C1. The number of hydrogen-bond donors (Lipinski definition) is 1. The van der Waals surface area contributed by atoms with Gasteiger partial charge >= 0.3 is 12.1 Å². The van der Waals surface area contributed by atoms with Gasteiger partial charge in [-0.15, -0.1) is 0 Å². The lowest BCUT2D eigenvalue weighted by atomic mass is 9.82. The number of nitrogens with zero attached hydrogens (tertiary/aromatic N) is 2. The Labute approximate surface area is 189 Å². The van der Waals surface area contributed by atoms with Gasteiger partial charge in [0.1, 0.15) is 5.60 Å². The summed E-state index contributed by atoms with van der Waals surface area (Å²) in [5.74, 6) is -2.08. The molecule has 0 aliphatic carbocycles. The molecule has 1 spiro atoms. The molecule has 4 rings (SSSR count). The van der Waals surface area contributed by atoms with Gasteiger partial charge in [0.15, 0.2) is 0 Å². The zero-order valence-electron chi connectivity index (χ0n) is 17.4. The van der Waals surface area contributed by atoms with Crippen LogP contribution in [-0.4, -0.2) is 91.1 Å². The fourth-order valence-corrected chi connectivity index (χ4v) is 4.15. The van der Waals surface area contributed by atoms with Gasteiger partial charge in [-0.1, -0.05) is 11.6 Å². The number of morpholine rings is 1. The number of hydrogen-bond acceptors (Lipinski definition) is 5. The van der Waals surface area contributed by atoms with Crippen molar-refractivity contribution in [2.75, 3.05) is 52.5 Å². The van der Waals surface area contributed by atoms with Crippen LogP contribution in [-0.2, 0) is 14.3 Å². The van der Waals surface area contributed by atoms with Crippen molar-refractivity contribution >= 4 is 23.5 Å². The van der Waals surface area contributed by atoms with E-state index in [0.717, 1.165) is 45.9 Å². The number of carboxylic acids is 1. The lowest BCUT2D eigenvalue weighted by Gasteiger charge is -2.53. The van der Waals surface area contributed by atoms with Gasteiger partial charge in [0.05, 0.1) is 32.9 Å². The Morgan fingerprint density at radius 2 is 1.75 bits per heavy atom. The van der Waals surface area contributed by atoms with Crippen LogP contribution in [0.5, 0.6) is 0 Å². The Hall–Kier alpha value is -1.88. The van der Waals surface area contributed by atoms with Gasteiger partial charge in [-0.3, -0.25) is 9.69 Å². The third-order valence-corrected chi connectivity index (χ3v) is 6.08. The summed E-state index contributed by atoms with van der Waals surface area (Å²) in [6.45, 7) is 7.08. The minimum absolute atomic E-state index is 0.0707. The van der Waals surface area contributed by atoms with Crippen molar-refractivity contribution in [2.45, 2.75) is 24.6 Å². The summed E-state index contributed by atoms with van der Waals surface area (Å²) in [6.07, 6.45) is -2.85. The highest BCUT2D eigenvalue weighted by Crippen LogP contribution is 2.37. The number of halogens is 4. The van der Waals surface area contributed by atoms with Crippen LogP contribution in [0.15, 0.2) is 24.3 Å². The molecule has 0 aromatic heterocycles. The summed E-state index contributed by atoms with van der Waals surface area (Å²) in [4.78, 5) is 25.8. The second-order valence-electron chi connectivity index (χ2n) is 8.28. The molecule has 3 saturated heterocycles. The maximum atomic E-state index is 12.5. The molecule has 7 nitrogen and oxygen atoms in total. The van der Waals surface area contributed by atoms with E-state index in [1.807, 2.05) is 4.90 Å². The molecule has 1 aromatic rings. The molecule has 3 aliphatic rings. The predicted octanol–water partition coefficient (Wildman–Crippen LogP) is 2.93. The molecule has 32 heavy (non-hydrogen) atoms. The Bertz CT molecular complexity index is 784. The highest BCUT2D eigenvalue weighted by atomic mass is 35.5. The first-order valence-corrected chi connectivity index (χ1v) is 10.7. The molecule has 11 heteroatoms. The zero-order valence-corrected chi connectivity index (χ0v) is 18.2. The van der Waals surface area contributed by atoms with Gasteiger partial charge in [-0.25, -0.2) is 4.79 Å². The molecule has 3 fully saturated rings. The predicted molar refractivity (Wildman–Crippen MR) is 110 cm³/mol. The van der Waals surface area contributed by atoms with Gasteiger partial charge in [0.2, 0.25) is 0 Å². The van der Waals surface area contributed by atoms with Crippen LogP contribution < -0.4 is 0 Å². The largest absolute Gasteiger partial charge is 0.490 e. The van der Waals surface area contributed by atoms with Crippen molar-refractivity contribution in [1.29, 1.82) is 0 Å². The Morgan fingerprint density at radius 1 is 1.16 bits per heavy atom. The third kappa shape index (κ3) is 6.57. The quantitative estimate of drug-likeness (QED) is 0.719. The van der Waals surface area contributed by atoms with Crippen LogP contribution in [0.2, 0.25) is 5.02 Å². The summed E-state index contributed by atoms with van der Waals surface area (Å²) in [5.41, 5.74) is 0.587. The van der Waals surface area contributed by atoms with Crippen molar-refractivity contribution in [3.63, 3.8) is 0 Å². The molecule has 1 amide bonds. The van der Waals surface area contributed by atoms with Crippen molar-refractivity contribution < 1.29 is 37.3 Å². The van der Waals surface area contributed by atoms with Gasteiger partial charge in [-0.2, -0.15) is 13.2 Å². The second kappa shape index (κ2) is 10.4. The van der Waals surface area contributed by atoms with E-state index >= 15 is 0 Å². The van der Waals surface area contributed by atoms with E-state index in [9.17, 15) is 18.0 Å². The maximum absolute atomic E-state index is 12.5. The highest BCUT2D eigenvalue weighted by Gasteiger charge is 2.48. The molecule has 178 valence electrons. The van der Waals surface area contributed by atoms with E-state index in [0.29, 0.717) is 29.6 Å². The normalized spacial score (nSPS) is 23.1. The number of benzene rings is 1. The molecule has 1 unspecified atom stereocenters. The first kappa shape index (κ1) is 24.8. The van der Waals surface area contributed by atoms with Crippen LogP contribution in [0.4, 0.5) is 13.2 Å². The van der Waals surface area contributed by atoms with Gasteiger partial charge in [0, 0.05) is 30.2 Å². The molecule has 0 radical (unpaired) electrons. The number of amides is 1. The molecule has 3 heterocycles. The first-order valence-electron chi connectivity index (χ1n) is 10.4. The summed E-state index contributed by atoms with van der Waals surface area (Å²) < 4.78 is 43.4. The molecule has 1 atom stereocenters. The van der Waals surface area contributed by atoms with Crippen LogP contribution >= 0.6 is 11.6 Å². The summed E-state index contributed by atoms with van der Waals surface area (Å²) in [6, 6.07) is 7.10. The standard InChI is InChI=1S/C19H25ClN2O3.C2HF3O2/c20-17-3-1-16(2-4-17)18(23)22-13-19(14-22)6-5-15(12-25-19)11-21-7-9-24-10-8-21;3-2(4,5)1(6)7/h1-4,15H,5-14H2;(H,6,7). The number of ether oxygens (including phenoxy) is 2.